The van der Waals surface area contributed by atoms with Crippen LogP contribution < -0.4 is 10.9 Å². The lowest BCUT2D eigenvalue weighted by Gasteiger charge is -2.27. The Morgan fingerprint density at radius 1 is 1.36 bits per heavy atom. The van der Waals surface area contributed by atoms with Crippen LogP contribution in [0, 0.1) is 0 Å². The van der Waals surface area contributed by atoms with Crippen molar-refractivity contribution in [2.45, 2.75) is 25.3 Å². The molecule has 2 rings (SSSR count). The Kier molecular flexibility index (Phi) is 2.70. The van der Waals surface area contributed by atoms with Gasteiger partial charge in [0, 0.05) is 6.04 Å². The Morgan fingerprint density at radius 2 is 2.14 bits per heavy atom. The lowest BCUT2D eigenvalue weighted by molar-refractivity contribution is 0.424. The molecule has 1 aliphatic rings. The minimum Gasteiger partial charge on any atom is -0.422 e. The van der Waals surface area contributed by atoms with Crippen LogP contribution in [0.2, 0.25) is 0 Å². The number of rotatable bonds is 3. The summed E-state index contributed by atoms with van der Waals surface area (Å²) < 4.78 is 0. The van der Waals surface area contributed by atoms with Crippen LogP contribution in [-0.4, -0.2) is 28.2 Å². The zero-order valence-corrected chi connectivity index (χ0v) is 7.85. The van der Waals surface area contributed by atoms with Gasteiger partial charge in [0.05, 0.1) is 5.59 Å². The number of nitrogens with zero attached hydrogens (tertiary/aromatic N) is 1. The highest BCUT2D eigenvalue weighted by atomic mass is 16.4. The van der Waals surface area contributed by atoms with E-state index in [-0.39, 0.29) is 5.59 Å². The summed E-state index contributed by atoms with van der Waals surface area (Å²) in [5.74, 6) is 0.723. The van der Waals surface area contributed by atoms with Gasteiger partial charge in [-0.05, 0) is 31.4 Å². The van der Waals surface area contributed by atoms with Crippen molar-refractivity contribution in [3.05, 3.63) is 18.2 Å². The molecular weight excluding hydrogens is 179 g/mol. The molecule has 3 N–H and O–H groups in total. The van der Waals surface area contributed by atoms with Gasteiger partial charge in [0.1, 0.15) is 5.82 Å². The molecule has 0 atom stereocenters. The van der Waals surface area contributed by atoms with Crippen LogP contribution in [0.1, 0.15) is 19.3 Å². The third-order valence-electron chi connectivity index (χ3n) is 2.49. The van der Waals surface area contributed by atoms with Crippen LogP contribution in [0.5, 0.6) is 0 Å². The van der Waals surface area contributed by atoms with Crippen LogP contribution in [0.3, 0.4) is 0 Å². The van der Waals surface area contributed by atoms with E-state index in [4.69, 9.17) is 10.0 Å². The van der Waals surface area contributed by atoms with E-state index in [1.54, 1.807) is 12.1 Å². The topological polar surface area (TPSA) is 65.4 Å². The highest BCUT2D eigenvalue weighted by molar-refractivity contribution is 6.57. The summed E-state index contributed by atoms with van der Waals surface area (Å²) in [6.07, 6.45) is 3.61. The van der Waals surface area contributed by atoms with Crippen molar-refractivity contribution in [1.29, 1.82) is 0 Å². The van der Waals surface area contributed by atoms with Crippen LogP contribution in [0.4, 0.5) is 5.82 Å². The minimum absolute atomic E-state index is 0.286. The predicted octanol–water partition coefficient (Wildman–Crippen LogP) is -0.274. The van der Waals surface area contributed by atoms with E-state index in [1.165, 1.54) is 19.3 Å². The first-order chi connectivity index (χ1) is 6.75. The van der Waals surface area contributed by atoms with Crippen molar-refractivity contribution < 1.29 is 10.0 Å². The van der Waals surface area contributed by atoms with Crippen LogP contribution in [-0.2, 0) is 0 Å². The average Bonchev–Trinajstić information content (AvgIpc) is 2.12. The number of hydrogen-bond acceptors (Lipinski definition) is 4. The Bertz CT molecular complexity index is 315. The maximum absolute atomic E-state index is 8.92. The number of nitrogens with one attached hydrogen (secondary N) is 1. The Labute approximate surface area is 83.1 Å². The van der Waals surface area contributed by atoms with Gasteiger partial charge in [0.25, 0.3) is 0 Å². The molecule has 1 heterocycles. The molecule has 4 nitrogen and oxygen atoms in total. The highest BCUT2D eigenvalue weighted by Crippen LogP contribution is 2.21. The minimum atomic E-state index is -1.49. The quantitative estimate of drug-likeness (QED) is 0.576. The fourth-order valence-electron chi connectivity index (χ4n) is 1.44. The third-order valence-corrected chi connectivity index (χ3v) is 2.49. The van der Waals surface area contributed by atoms with Crippen LogP contribution in [0.25, 0.3) is 0 Å². The number of pyridine rings is 1. The fourth-order valence-corrected chi connectivity index (χ4v) is 1.44. The number of aromatic nitrogens is 1. The lowest BCUT2D eigenvalue weighted by Crippen LogP contribution is -2.34. The SMILES string of the molecule is OB(O)c1cccc(NC2CCC2)n1. The number of hydrogen-bond donors (Lipinski definition) is 3. The molecule has 0 aromatic carbocycles. The van der Waals surface area contributed by atoms with Gasteiger partial charge in [-0.2, -0.15) is 0 Å². The molecule has 0 aliphatic heterocycles. The molecular formula is C9H13BN2O2. The molecule has 0 unspecified atom stereocenters. The summed E-state index contributed by atoms with van der Waals surface area (Å²) >= 11 is 0. The van der Waals surface area contributed by atoms with Gasteiger partial charge >= 0.3 is 7.12 Å². The molecule has 0 spiro atoms. The first kappa shape index (κ1) is 9.49. The summed E-state index contributed by atoms with van der Waals surface area (Å²) in [7, 11) is -1.49. The smallest absolute Gasteiger partial charge is 0.422 e. The summed E-state index contributed by atoms with van der Waals surface area (Å²) in [5.41, 5.74) is 0.286. The van der Waals surface area contributed by atoms with Gasteiger partial charge in [-0.3, -0.25) is 0 Å². The molecule has 0 amide bonds. The molecule has 14 heavy (non-hydrogen) atoms. The van der Waals surface area contributed by atoms with Gasteiger partial charge in [-0.1, -0.05) is 6.07 Å². The second-order valence-corrected chi connectivity index (χ2v) is 3.59. The maximum Gasteiger partial charge on any atom is 0.508 e. The van der Waals surface area contributed by atoms with Crippen molar-refractivity contribution in [3.63, 3.8) is 0 Å². The van der Waals surface area contributed by atoms with E-state index in [1.807, 2.05) is 6.07 Å². The first-order valence-electron chi connectivity index (χ1n) is 4.85. The summed E-state index contributed by atoms with van der Waals surface area (Å²) in [4.78, 5) is 4.08. The molecule has 1 aliphatic carbocycles. The largest absolute Gasteiger partial charge is 0.508 e. The number of anilines is 1. The van der Waals surface area contributed by atoms with Crippen molar-refractivity contribution in [1.82, 2.24) is 4.98 Å². The van der Waals surface area contributed by atoms with Gasteiger partial charge in [-0.15, -0.1) is 0 Å². The lowest BCUT2D eigenvalue weighted by atomic mass is 9.86. The molecule has 1 aromatic rings. The van der Waals surface area contributed by atoms with Crippen LogP contribution >= 0.6 is 0 Å². The van der Waals surface area contributed by atoms with Crippen molar-refractivity contribution >= 4 is 18.5 Å². The zero-order valence-electron chi connectivity index (χ0n) is 7.85. The van der Waals surface area contributed by atoms with Crippen LogP contribution in [0.15, 0.2) is 18.2 Å². The van der Waals surface area contributed by atoms with E-state index in [0.29, 0.717) is 6.04 Å². The Balaban J connectivity index is 2.05. The summed E-state index contributed by atoms with van der Waals surface area (Å²) in [6, 6.07) is 5.71. The monoisotopic (exact) mass is 192 g/mol. The maximum atomic E-state index is 8.92. The highest BCUT2D eigenvalue weighted by Gasteiger charge is 2.18. The van der Waals surface area contributed by atoms with Gasteiger partial charge in [-0.25, -0.2) is 4.98 Å². The van der Waals surface area contributed by atoms with Gasteiger partial charge in [0.2, 0.25) is 0 Å². The average molecular weight is 192 g/mol. The van der Waals surface area contributed by atoms with E-state index in [9.17, 15) is 0 Å². The summed E-state index contributed by atoms with van der Waals surface area (Å²) in [6.45, 7) is 0. The fraction of sp³-hybridized carbons (Fsp3) is 0.444. The molecule has 74 valence electrons. The zero-order chi connectivity index (χ0) is 9.97. The Morgan fingerprint density at radius 3 is 2.71 bits per heavy atom. The standard InChI is InChI=1S/C9H13BN2O2/c13-10(14)8-5-2-6-9(12-8)11-7-3-1-4-7/h2,5-7,13-14H,1,3-4H2,(H,11,12). The van der Waals surface area contributed by atoms with Gasteiger partial charge in [0.15, 0.2) is 0 Å². The van der Waals surface area contributed by atoms with E-state index < -0.39 is 7.12 Å². The molecule has 5 heteroatoms. The van der Waals surface area contributed by atoms with Crippen molar-refractivity contribution in [2.24, 2.45) is 0 Å². The van der Waals surface area contributed by atoms with E-state index in [0.717, 1.165) is 5.82 Å². The van der Waals surface area contributed by atoms with Crippen molar-refractivity contribution in [3.8, 4) is 0 Å². The van der Waals surface area contributed by atoms with E-state index in [2.05, 4.69) is 10.3 Å². The van der Waals surface area contributed by atoms with Gasteiger partial charge < -0.3 is 15.4 Å². The second kappa shape index (κ2) is 3.98. The molecule has 0 bridgehead atoms. The summed E-state index contributed by atoms with van der Waals surface area (Å²) in [5, 5.41) is 21.1. The Hall–Kier alpha value is -1.07. The molecule has 0 radical (unpaired) electrons. The first-order valence-corrected chi connectivity index (χ1v) is 4.85. The van der Waals surface area contributed by atoms with E-state index >= 15 is 0 Å². The van der Waals surface area contributed by atoms with Crippen molar-refractivity contribution in [2.75, 3.05) is 5.32 Å². The molecule has 1 aromatic heterocycles. The second-order valence-electron chi connectivity index (χ2n) is 3.59. The molecule has 1 saturated carbocycles. The molecule has 0 saturated heterocycles. The predicted molar refractivity (Wildman–Crippen MR) is 55.3 cm³/mol. The molecule has 1 fully saturated rings. The third kappa shape index (κ3) is 2.05. The normalized spacial score (nSPS) is 16.1.